The van der Waals surface area contributed by atoms with Crippen LogP contribution in [0.15, 0.2) is 17.2 Å². The van der Waals surface area contributed by atoms with E-state index in [2.05, 4.69) is 24.1 Å². The first-order valence-corrected chi connectivity index (χ1v) is 6.38. The van der Waals surface area contributed by atoms with Gasteiger partial charge in [0.1, 0.15) is 0 Å². The van der Waals surface area contributed by atoms with E-state index >= 15 is 0 Å². The Morgan fingerprint density at radius 3 is 2.61 bits per heavy atom. The molecule has 1 heterocycles. The van der Waals surface area contributed by atoms with Crippen molar-refractivity contribution in [2.45, 2.75) is 40.3 Å². The van der Waals surface area contributed by atoms with Crippen molar-refractivity contribution in [1.29, 1.82) is 0 Å². The van der Waals surface area contributed by atoms with Crippen LogP contribution in [0.3, 0.4) is 0 Å². The SMILES string of the molecule is CC(C)Cn1ccnc(NC(C)C(C)CO)c1=O. The van der Waals surface area contributed by atoms with Crippen molar-refractivity contribution in [3.63, 3.8) is 0 Å². The lowest BCUT2D eigenvalue weighted by Crippen LogP contribution is -2.32. The van der Waals surface area contributed by atoms with Crippen molar-refractivity contribution < 1.29 is 5.11 Å². The predicted octanol–water partition coefficient (Wildman–Crippen LogP) is 1.33. The molecule has 5 heteroatoms. The average molecular weight is 253 g/mol. The molecule has 0 aliphatic heterocycles. The second kappa shape index (κ2) is 6.54. The first-order valence-electron chi connectivity index (χ1n) is 6.38. The van der Waals surface area contributed by atoms with Crippen LogP contribution in [0, 0.1) is 11.8 Å². The summed E-state index contributed by atoms with van der Waals surface area (Å²) in [6.07, 6.45) is 3.33. The van der Waals surface area contributed by atoms with E-state index in [1.165, 1.54) is 0 Å². The van der Waals surface area contributed by atoms with Gasteiger partial charge in [0.05, 0.1) is 0 Å². The van der Waals surface area contributed by atoms with Gasteiger partial charge in [-0.2, -0.15) is 0 Å². The molecule has 0 aliphatic rings. The maximum Gasteiger partial charge on any atom is 0.293 e. The molecule has 2 N–H and O–H groups in total. The average Bonchev–Trinajstić information content (AvgIpc) is 2.32. The van der Waals surface area contributed by atoms with Crippen molar-refractivity contribution in [1.82, 2.24) is 9.55 Å². The summed E-state index contributed by atoms with van der Waals surface area (Å²) in [5, 5.41) is 12.2. The summed E-state index contributed by atoms with van der Waals surface area (Å²) in [6.45, 7) is 8.75. The van der Waals surface area contributed by atoms with Gasteiger partial charge in [-0.15, -0.1) is 0 Å². The Kier molecular flexibility index (Phi) is 5.34. The number of aromatic nitrogens is 2. The van der Waals surface area contributed by atoms with E-state index in [0.29, 0.717) is 18.3 Å². The Balaban J connectivity index is 2.87. The van der Waals surface area contributed by atoms with Crippen molar-refractivity contribution in [2.24, 2.45) is 11.8 Å². The van der Waals surface area contributed by atoms with Gasteiger partial charge in [0.25, 0.3) is 5.56 Å². The minimum atomic E-state index is -0.108. The van der Waals surface area contributed by atoms with Gasteiger partial charge in [-0.05, 0) is 18.8 Å². The van der Waals surface area contributed by atoms with Crippen LogP contribution in [0.4, 0.5) is 5.82 Å². The van der Waals surface area contributed by atoms with E-state index in [1.54, 1.807) is 17.0 Å². The summed E-state index contributed by atoms with van der Waals surface area (Å²) in [5.74, 6) is 0.836. The zero-order valence-electron chi connectivity index (χ0n) is 11.6. The van der Waals surface area contributed by atoms with Crippen LogP contribution in [0.25, 0.3) is 0 Å². The summed E-state index contributed by atoms with van der Waals surface area (Å²) in [5.41, 5.74) is -0.108. The molecule has 0 bridgehead atoms. The fourth-order valence-electron chi connectivity index (χ4n) is 1.60. The monoisotopic (exact) mass is 253 g/mol. The number of hydrogen-bond acceptors (Lipinski definition) is 4. The van der Waals surface area contributed by atoms with E-state index in [0.717, 1.165) is 0 Å². The van der Waals surface area contributed by atoms with Crippen LogP contribution in [0.5, 0.6) is 0 Å². The highest BCUT2D eigenvalue weighted by atomic mass is 16.3. The largest absolute Gasteiger partial charge is 0.396 e. The highest BCUT2D eigenvalue weighted by Crippen LogP contribution is 2.06. The zero-order valence-corrected chi connectivity index (χ0v) is 11.6. The maximum absolute atomic E-state index is 12.1. The van der Waals surface area contributed by atoms with Gasteiger partial charge in [-0.1, -0.05) is 20.8 Å². The first-order chi connectivity index (χ1) is 8.45. The van der Waals surface area contributed by atoms with Crippen LogP contribution < -0.4 is 10.9 Å². The number of rotatable bonds is 6. The molecule has 0 amide bonds. The van der Waals surface area contributed by atoms with E-state index in [1.807, 2.05) is 13.8 Å². The minimum absolute atomic E-state index is 0.00472. The fourth-order valence-corrected chi connectivity index (χ4v) is 1.60. The van der Waals surface area contributed by atoms with Gasteiger partial charge in [0, 0.05) is 31.6 Å². The third-order valence-corrected chi connectivity index (χ3v) is 2.98. The van der Waals surface area contributed by atoms with Gasteiger partial charge in [-0.3, -0.25) is 4.79 Å². The number of anilines is 1. The first kappa shape index (κ1) is 14.7. The van der Waals surface area contributed by atoms with Crippen LogP contribution in [0.1, 0.15) is 27.7 Å². The Morgan fingerprint density at radius 1 is 1.39 bits per heavy atom. The lowest BCUT2D eigenvalue weighted by molar-refractivity contribution is 0.226. The molecular weight excluding hydrogens is 230 g/mol. The number of nitrogens with one attached hydrogen (secondary N) is 1. The summed E-state index contributed by atoms with van der Waals surface area (Å²) < 4.78 is 1.66. The molecule has 1 rings (SSSR count). The smallest absolute Gasteiger partial charge is 0.293 e. The number of nitrogens with zero attached hydrogens (tertiary/aromatic N) is 2. The van der Waals surface area contributed by atoms with E-state index in [9.17, 15) is 4.79 Å². The lowest BCUT2D eigenvalue weighted by atomic mass is 10.1. The van der Waals surface area contributed by atoms with Crippen LogP contribution >= 0.6 is 0 Å². The highest BCUT2D eigenvalue weighted by molar-refractivity contribution is 5.32. The molecule has 0 aliphatic carbocycles. The molecule has 5 nitrogen and oxygen atoms in total. The normalized spacial score (nSPS) is 14.6. The second-order valence-electron chi connectivity index (χ2n) is 5.22. The van der Waals surface area contributed by atoms with Crippen molar-refractivity contribution in [2.75, 3.05) is 11.9 Å². The highest BCUT2D eigenvalue weighted by Gasteiger charge is 2.14. The van der Waals surface area contributed by atoms with Gasteiger partial charge in [0.15, 0.2) is 5.82 Å². The molecule has 102 valence electrons. The number of hydrogen-bond donors (Lipinski definition) is 2. The molecule has 0 saturated heterocycles. The van der Waals surface area contributed by atoms with Crippen molar-refractivity contribution in [3.05, 3.63) is 22.7 Å². The number of aliphatic hydroxyl groups is 1. The summed E-state index contributed by atoms with van der Waals surface area (Å²) in [6, 6.07) is 0.00472. The molecule has 0 saturated carbocycles. The van der Waals surface area contributed by atoms with Crippen LogP contribution in [-0.4, -0.2) is 27.3 Å². The molecule has 0 fully saturated rings. The summed E-state index contributed by atoms with van der Waals surface area (Å²) in [7, 11) is 0. The Morgan fingerprint density at radius 2 is 2.06 bits per heavy atom. The third-order valence-electron chi connectivity index (χ3n) is 2.98. The van der Waals surface area contributed by atoms with Gasteiger partial charge in [0.2, 0.25) is 0 Å². The quantitative estimate of drug-likeness (QED) is 0.802. The Bertz CT molecular complexity index is 428. The van der Waals surface area contributed by atoms with Crippen LogP contribution in [-0.2, 0) is 6.54 Å². The molecule has 0 spiro atoms. The van der Waals surface area contributed by atoms with Gasteiger partial charge >= 0.3 is 0 Å². The van der Waals surface area contributed by atoms with Crippen molar-refractivity contribution >= 4 is 5.82 Å². The summed E-state index contributed by atoms with van der Waals surface area (Å²) >= 11 is 0. The molecule has 18 heavy (non-hydrogen) atoms. The molecule has 1 aromatic heterocycles. The molecule has 0 aromatic carbocycles. The second-order valence-corrected chi connectivity index (χ2v) is 5.22. The molecule has 1 aromatic rings. The molecule has 2 atom stereocenters. The van der Waals surface area contributed by atoms with Gasteiger partial charge in [-0.25, -0.2) is 4.98 Å². The maximum atomic E-state index is 12.1. The lowest BCUT2D eigenvalue weighted by Gasteiger charge is -2.20. The molecule has 2 unspecified atom stereocenters. The van der Waals surface area contributed by atoms with E-state index in [4.69, 9.17) is 5.11 Å². The van der Waals surface area contributed by atoms with Gasteiger partial charge < -0.3 is 15.0 Å². The Labute approximate surface area is 108 Å². The standard InChI is InChI=1S/C13H23N3O2/c1-9(2)7-16-6-5-14-12(13(16)18)15-11(4)10(3)8-17/h5-6,9-11,17H,7-8H2,1-4H3,(H,14,15). The van der Waals surface area contributed by atoms with Crippen LogP contribution in [0.2, 0.25) is 0 Å². The third kappa shape index (κ3) is 3.84. The zero-order chi connectivity index (χ0) is 13.7. The topological polar surface area (TPSA) is 67.2 Å². The van der Waals surface area contributed by atoms with Crippen molar-refractivity contribution in [3.8, 4) is 0 Å². The predicted molar refractivity (Wildman–Crippen MR) is 72.7 cm³/mol. The minimum Gasteiger partial charge on any atom is -0.396 e. The Hall–Kier alpha value is -1.36. The van der Waals surface area contributed by atoms with E-state index < -0.39 is 0 Å². The fraction of sp³-hybridized carbons (Fsp3) is 0.692. The van der Waals surface area contributed by atoms with E-state index in [-0.39, 0.29) is 24.1 Å². The molecular formula is C13H23N3O2. The molecule has 0 radical (unpaired) electrons. The summed E-state index contributed by atoms with van der Waals surface area (Å²) in [4.78, 5) is 16.2. The number of aliphatic hydroxyl groups excluding tert-OH is 1.